The maximum atomic E-state index is 13.4. The van der Waals surface area contributed by atoms with E-state index in [1.807, 2.05) is 6.08 Å². The maximum Gasteiger partial charge on any atom is 0.306 e. The van der Waals surface area contributed by atoms with E-state index in [1.165, 1.54) is 225 Å². The number of esters is 1. The van der Waals surface area contributed by atoms with Gasteiger partial charge < -0.3 is 45.1 Å². The number of unbranched alkanes of at least 4 members (excludes halogenated alkanes) is 45. The lowest BCUT2D eigenvalue weighted by molar-refractivity contribution is -0.305. The summed E-state index contributed by atoms with van der Waals surface area (Å²) in [5.41, 5.74) is 0. The maximum absolute atomic E-state index is 13.4. The van der Waals surface area contributed by atoms with Crippen LogP contribution in [0.5, 0.6) is 0 Å². The average molecular weight is 1170 g/mol. The monoisotopic (exact) mass is 1170 g/mol. The number of ether oxygens (including phenoxy) is 3. The molecule has 0 aliphatic carbocycles. The Balaban J connectivity index is 2.52. The van der Waals surface area contributed by atoms with Gasteiger partial charge in [0.25, 0.3) is 0 Å². The Morgan fingerprint density at radius 1 is 0.470 bits per heavy atom. The first-order valence-corrected chi connectivity index (χ1v) is 35.8. The Labute approximate surface area is 511 Å². The Hall–Kier alpha value is -2.12. The van der Waals surface area contributed by atoms with Gasteiger partial charge in [-0.1, -0.05) is 327 Å². The first-order chi connectivity index (χ1) is 40.7. The number of rotatable bonds is 62. The molecule has 1 aliphatic rings. The zero-order chi connectivity index (χ0) is 60.3. The topological polar surface area (TPSA) is 175 Å². The number of carbonyl (C=O) groups excluding carboxylic acids is 2. The van der Waals surface area contributed by atoms with E-state index in [-0.39, 0.29) is 19.4 Å². The van der Waals surface area contributed by atoms with Crippen molar-refractivity contribution in [3.8, 4) is 0 Å². The van der Waals surface area contributed by atoms with Crippen LogP contribution < -0.4 is 5.32 Å². The molecule has 1 rings (SSSR count). The standard InChI is InChI=1S/C72H135NO10/c1-4-7-10-13-16-19-22-25-27-28-29-30-31-32-33-34-35-36-37-38-39-42-45-48-51-54-57-60-67(77)83-70-69(79)68(78)66(61-74)82-72(70)81-62-63(64(75)58-55-52-49-46-43-40-24-21-18-15-12-9-6-3)73-71(80)65(76)59-56-53-50-47-44-41-26-23-20-17-14-11-8-5-2/h17,20,23,26,55,58,63-66,68-70,72,74-76,78-79H,4-16,18-19,21-22,24-25,27-54,56-57,59-62H2,1-3H3,(H,73,80)/b20-17+,26-23+,58-55+. The van der Waals surface area contributed by atoms with E-state index < -0.39 is 67.4 Å². The molecule has 1 heterocycles. The van der Waals surface area contributed by atoms with Crippen molar-refractivity contribution in [2.45, 2.75) is 397 Å². The molecule has 8 unspecified atom stereocenters. The van der Waals surface area contributed by atoms with Gasteiger partial charge >= 0.3 is 5.97 Å². The highest BCUT2D eigenvalue weighted by molar-refractivity contribution is 5.80. The molecule has 0 radical (unpaired) electrons. The first-order valence-electron chi connectivity index (χ1n) is 35.8. The van der Waals surface area contributed by atoms with Gasteiger partial charge in [-0.25, -0.2) is 0 Å². The van der Waals surface area contributed by atoms with Gasteiger partial charge in [0.05, 0.1) is 25.4 Å². The van der Waals surface area contributed by atoms with Crippen molar-refractivity contribution in [3.63, 3.8) is 0 Å². The third-order valence-corrected chi connectivity index (χ3v) is 17.1. The number of aliphatic hydroxyl groups is 5. The molecule has 83 heavy (non-hydrogen) atoms. The molecule has 0 aromatic rings. The third kappa shape index (κ3) is 47.6. The molecule has 6 N–H and O–H groups in total. The van der Waals surface area contributed by atoms with Crippen molar-refractivity contribution in [2.24, 2.45) is 0 Å². The summed E-state index contributed by atoms with van der Waals surface area (Å²) in [5.74, 6) is -1.19. The number of hydrogen-bond acceptors (Lipinski definition) is 10. The number of nitrogens with one attached hydrogen (secondary N) is 1. The number of aliphatic hydroxyl groups excluding tert-OH is 5. The minimum Gasteiger partial charge on any atom is -0.454 e. The van der Waals surface area contributed by atoms with E-state index in [0.717, 1.165) is 77.0 Å². The lowest BCUT2D eigenvalue weighted by Crippen LogP contribution is -2.61. The number of allylic oxidation sites excluding steroid dienone is 5. The molecule has 0 saturated carbocycles. The summed E-state index contributed by atoms with van der Waals surface area (Å²) in [7, 11) is 0. The molecule has 488 valence electrons. The van der Waals surface area contributed by atoms with E-state index in [4.69, 9.17) is 14.2 Å². The van der Waals surface area contributed by atoms with Crippen LogP contribution in [0.15, 0.2) is 36.5 Å². The van der Waals surface area contributed by atoms with Crippen molar-refractivity contribution in [2.75, 3.05) is 13.2 Å². The molecule has 11 heteroatoms. The number of amides is 1. The molecule has 11 nitrogen and oxygen atoms in total. The predicted molar refractivity (Wildman–Crippen MR) is 347 cm³/mol. The molecule has 0 spiro atoms. The second kappa shape index (κ2) is 60.2. The fraction of sp³-hybridized carbons (Fsp3) is 0.889. The summed E-state index contributed by atoms with van der Waals surface area (Å²) >= 11 is 0. The highest BCUT2D eigenvalue weighted by Gasteiger charge is 2.47. The number of hydrogen-bond donors (Lipinski definition) is 6. The minimum absolute atomic E-state index is 0.128. The van der Waals surface area contributed by atoms with E-state index in [2.05, 4.69) is 50.4 Å². The van der Waals surface area contributed by atoms with Gasteiger partial charge in [0.1, 0.15) is 24.4 Å². The van der Waals surface area contributed by atoms with Gasteiger partial charge in [0.15, 0.2) is 12.4 Å². The highest BCUT2D eigenvalue weighted by Crippen LogP contribution is 2.26. The third-order valence-electron chi connectivity index (χ3n) is 17.1. The zero-order valence-electron chi connectivity index (χ0n) is 54.3. The normalized spacial score (nSPS) is 18.7. The van der Waals surface area contributed by atoms with Crippen LogP contribution in [0.2, 0.25) is 0 Å². The van der Waals surface area contributed by atoms with Crippen molar-refractivity contribution in [1.29, 1.82) is 0 Å². The van der Waals surface area contributed by atoms with E-state index >= 15 is 0 Å². The van der Waals surface area contributed by atoms with Crippen molar-refractivity contribution in [1.82, 2.24) is 5.32 Å². The summed E-state index contributed by atoms with van der Waals surface area (Å²) in [6.45, 7) is 5.80. The summed E-state index contributed by atoms with van der Waals surface area (Å²) < 4.78 is 17.7. The molecular weight excluding hydrogens is 1040 g/mol. The van der Waals surface area contributed by atoms with Gasteiger partial charge in [0.2, 0.25) is 5.91 Å². The van der Waals surface area contributed by atoms with Gasteiger partial charge in [0, 0.05) is 6.42 Å². The highest BCUT2D eigenvalue weighted by atomic mass is 16.7. The van der Waals surface area contributed by atoms with Crippen LogP contribution in [-0.4, -0.2) is 99.6 Å². The van der Waals surface area contributed by atoms with Crippen LogP contribution in [0.4, 0.5) is 0 Å². The Bertz CT molecular complexity index is 1490. The van der Waals surface area contributed by atoms with Gasteiger partial charge in [-0.3, -0.25) is 9.59 Å². The Kier molecular flexibility index (Phi) is 57.2. The molecule has 8 atom stereocenters. The van der Waals surface area contributed by atoms with Crippen LogP contribution in [0.1, 0.15) is 348 Å². The smallest absolute Gasteiger partial charge is 0.306 e. The van der Waals surface area contributed by atoms with Crippen LogP contribution in [0.3, 0.4) is 0 Å². The summed E-state index contributed by atoms with van der Waals surface area (Å²) in [6, 6.07) is -1.03. The van der Waals surface area contributed by atoms with Crippen molar-refractivity contribution in [3.05, 3.63) is 36.5 Å². The van der Waals surface area contributed by atoms with Crippen molar-refractivity contribution < 1.29 is 49.3 Å². The van der Waals surface area contributed by atoms with E-state index in [9.17, 15) is 35.1 Å². The first kappa shape index (κ1) is 78.9. The lowest BCUT2D eigenvalue weighted by Gasteiger charge is -2.41. The molecule has 0 aromatic carbocycles. The molecule has 0 bridgehead atoms. The average Bonchev–Trinajstić information content (AvgIpc) is 3.51. The summed E-state index contributed by atoms with van der Waals surface area (Å²) in [4.78, 5) is 26.6. The summed E-state index contributed by atoms with van der Waals surface area (Å²) in [5, 5.41) is 57.2. The van der Waals surface area contributed by atoms with Crippen LogP contribution in [0.25, 0.3) is 0 Å². The molecule has 1 amide bonds. The Morgan fingerprint density at radius 2 is 0.819 bits per heavy atom. The zero-order valence-corrected chi connectivity index (χ0v) is 54.3. The van der Waals surface area contributed by atoms with E-state index in [0.29, 0.717) is 12.8 Å². The molecule has 1 aliphatic heterocycles. The van der Waals surface area contributed by atoms with Crippen LogP contribution in [-0.2, 0) is 23.8 Å². The molecule has 1 fully saturated rings. The fourth-order valence-corrected chi connectivity index (χ4v) is 11.4. The van der Waals surface area contributed by atoms with Crippen molar-refractivity contribution >= 4 is 11.9 Å². The molecular formula is C72H135NO10. The summed E-state index contributed by atoms with van der Waals surface area (Å²) in [6.07, 6.45) is 63.4. The number of carbonyl (C=O) groups is 2. The predicted octanol–water partition coefficient (Wildman–Crippen LogP) is 18.2. The van der Waals surface area contributed by atoms with Gasteiger partial charge in [-0.15, -0.1) is 0 Å². The van der Waals surface area contributed by atoms with Crippen LogP contribution in [0, 0.1) is 0 Å². The van der Waals surface area contributed by atoms with Gasteiger partial charge in [-0.2, -0.15) is 0 Å². The SMILES string of the molecule is CCCCC/C=C/C=C/CCCCCCCC(O)C(=O)NC(COC1OC(CO)C(O)C(O)C1OC(=O)CCCCCCCCCCCCCCCCCCCCCCCCCCCCC)C(O)/C=C/CCCCCCCCCCCCC. The lowest BCUT2D eigenvalue weighted by atomic mass is 9.99. The van der Waals surface area contributed by atoms with E-state index in [1.54, 1.807) is 6.08 Å². The second-order valence-corrected chi connectivity index (χ2v) is 25.0. The minimum atomic E-state index is -1.61. The largest absolute Gasteiger partial charge is 0.454 e. The molecule has 1 saturated heterocycles. The van der Waals surface area contributed by atoms with Crippen LogP contribution >= 0.6 is 0 Å². The molecule has 0 aromatic heterocycles. The Morgan fingerprint density at radius 3 is 1.23 bits per heavy atom. The van der Waals surface area contributed by atoms with Gasteiger partial charge in [-0.05, 0) is 51.4 Å². The second-order valence-electron chi connectivity index (χ2n) is 25.0. The quantitative estimate of drug-likeness (QED) is 0.0149. The fourth-order valence-electron chi connectivity index (χ4n) is 11.4.